The maximum Gasteiger partial charge on any atom is 0.149 e. The minimum absolute atomic E-state index is 0.0420. The van der Waals surface area contributed by atoms with E-state index in [0.29, 0.717) is 39.1 Å². The number of fused-ring (bicyclic) bond motifs is 1. The number of phenols is 1. The van der Waals surface area contributed by atoms with E-state index in [1.165, 1.54) is 5.56 Å². The van der Waals surface area contributed by atoms with Crippen LogP contribution in [-0.2, 0) is 16.2 Å². The molecule has 0 spiro atoms. The van der Waals surface area contributed by atoms with Gasteiger partial charge in [0.1, 0.15) is 11.6 Å². The van der Waals surface area contributed by atoms with Crippen molar-refractivity contribution >= 4 is 11.0 Å². The van der Waals surface area contributed by atoms with Crippen molar-refractivity contribution in [3.05, 3.63) is 191 Å². The summed E-state index contributed by atoms with van der Waals surface area (Å²) in [5.41, 5.74) is 4.86. The van der Waals surface area contributed by atoms with Gasteiger partial charge in [0, 0.05) is 35.2 Å². The molecule has 4 nitrogen and oxygen atoms in total. The van der Waals surface area contributed by atoms with Crippen LogP contribution in [0.2, 0.25) is 0 Å². The van der Waals surface area contributed by atoms with Crippen LogP contribution in [0, 0.1) is 20.8 Å². The zero-order valence-electron chi connectivity index (χ0n) is 55.3. The minimum Gasteiger partial charge on any atom is -0.507 e. The van der Waals surface area contributed by atoms with Crippen molar-refractivity contribution in [3.8, 4) is 78.6 Å². The van der Waals surface area contributed by atoms with Gasteiger partial charge >= 0.3 is 0 Å². The van der Waals surface area contributed by atoms with E-state index in [0.717, 1.165) is 44.6 Å². The number of imidazole rings is 1. The van der Waals surface area contributed by atoms with Gasteiger partial charge in [-0.05, 0) is 152 Å². The molecule has 0 aliphatic carbocycles. The van der Waals surface area contributed by atoms with E-state index >= 15 is 0 Å². The summed E-state index contributed by atoms with van der Waals surface area (Å²) in [4.78, 5) is 9.89. The van der Waals surface area contributed by atoms with Crippen molar-refractivity contribution < 1.29 is 27.0 Å². The van der Waals surface area contributed by atoms with Crippen molar-refractivity contribution in [1.29, 1.82) is 0 Å². The number of phenolic OH excluding ortho intramolecular Hbond substituents is 1. The fraction of sp³-hybridized carbons (Fsp3) is 0.238. The lowest BCUT2D eigenvalue weighted by atomic mass is 9.83. The van der Waals surface area contributed by atoms with E-state index in [1.807, 2.05) is 89.2 Å². The van der Waals surface area contributed by atoms with Gasteiger partial charge in [-0.15, -0.1) is 0 Å². The molecule has 9 rings (SSSR count). The Bertz CT molecular complexity index is 4000. The third kappa shape index (κ3) is 8.86. The van der Waals surface area contributed by atoms with Crippen LogP contribution in [0.1, 0.15) is 117 Å². The lowest BCUT2D eigenvalue weighted by Crippen LogP contribution is -2.11. The fourth-order valence-corrected chi connectivity index (χ4v) is 8.63. The van der Waals surface area contributed by atoms with Crippen molar-refractivity contribution in [2.75, 3.05) is 0 Å². The number of aromatic nitrogens is 3. The van der Waals surface area contributed by atoms with Crippen LogP contribution in [0.5, 0.6) is 5.75 Å². The molecule has 67 heavy (non-hydrogen) atoms. The highest BCUT2D eigenvalue weighted by atomic mass is 16.3. The third-order valence-corrected chi connectivity index (χ3v) is 12.3. The Balaban J connectivity index is 1.32. The van der Waals surface area contributed by atoms with Crippen LogP contribution in [0.25, 0.3) is 83.9 Å². The predicted octanol–water partition coefficient (Wildman–Crippen LogP) is 16.9. The molecule has 336 valence electrons. The quantitative estimate of drug-likeness (QED) is 0.173. The molecule has 0 fully saturated rings. The van der Waals surface area contributed by atoms with Crippen LogP contribution in [0.4, 0.5) is 0 Å². The standard InChI is InChI=1S/C63H63N3O/c1-39-31-41(3)59(67)54(32-39)60-65-58-51(46-34-47(36-50(35-46)63(10,11)12)55-37-45(29-30-64-55)42-21-25-48(26-22-42)61(4,5)6)19-16-20-56(58)66(60)57-33-40(2)52(38-53(57)43-17-14-13-15-18-43)44-23-27-49(28-24-44)62(7,8)9/h13-38,67H,1-12H3/i4D3,5D3,6D3,21D,22D,25D,26D,29D,30D,37D. The Morgan fingerprint density at radius 1 is 0.522 bits per heavy atom. The zero-order valence-corrected chi connectivity index (χ0v) is 39.3. The predicted molar refractivity (Wildman–Crippen MR) is 283 cm³/mol. The van der Waals surface area contributed by atoms with Gasteiger partial charge in [0.05, 0.1) is 37.6 Å². The molecule has 0 atom stereocenters. The van der Waals surface area contributed by atoms with E-state index in [2.05, 4.69) is 85.8 Å². The summed E-state index contributed by atoms with van der Waals surface area (Å²) < 4.78 is 141. The van der Waals surface area contributed by atoms with Crippen molar-refractivity contribution in [1.82, 2.24) is 14.5 Å². The summed E-state index contributed by atoms with van der Waals surface area (Å²) in [6, 6.07) is 31.8. The lowest BCUT2D eigenvalue weighted by Gasteiger charge is -2.22. The number of para-hydroxylation sites is 1. The Kier molecular flexibility index (Phi) is 7.50. The van der Waals surface area contributed by atoms with E-state index < -0.39 is 90.5 Å². The Hall–Kier alpha value is -7.04. The first-order valence-corrected chi connectivity index (χ1v) is 22.3. The second-order valence-corrected chi connectivity index (χ2v) is 19.5. The summed E-state index contributed by atoms with van der Waals surface area (Å²) >= 11 is 0. The first kappa shape index (κ1) is 29.6. The third-order valence-electron chi connectivity index (χ3n) is 12.3. The highest BCUT2D eigenvalue weighted by Gasteiger charge is 2.26. The highest BCUT2D eigenvalue weighted by molar-refractivity contribution is 5.98. The van der Waals surface area contributed by atoms with Gasteiger partial charge in [0.25, 0.3) is 0 Å². The maximum atomic E-state index is 12.0. The molecule has 2 heterocycles. The molecule has 0 saturated carbocycles. The topological polar surface area (TPSA) is 50.9 Å². The van der Waals surface area contributed by atoms with E-state index in [9.17, 15) is 9.22 Å². The molecule has 0 saturated heterocycles. The van der Waals surface area contributed by atoms with Gasteiger partial charge in [-0.25, -0.2) is 4.98 Å². The van der Waals surface area contributed by atoms with Crippen LogP contribution in [-0.4, -0.2) is 19.6 Å². The molecule has 0 aliphatic heterocycles. The molecule has 0 amide bonds. The number of hydrogen-bond acceptors (Lipinski definition) is 3. The van der Waals surface area contributed by atoms with Gasteiger partial charge in [-0.1, -0.05) is 165 Å². The number of aryl methyl sites for hydroxylation is 3. The maximum absolute atomic E-state index is 12.0. The number of benzene rings is 7. The SMILES string of the molecule is [2H]c1nc(-c2cc(-c3cccc4c3nc(-c3cc(C)cc(C)c3O)n4-c3cc(C)c(-c4ccc(C(C)(C)C)cc4)cc3-c3ccccc3)cc(C(C)(C)C)c2)c([2H])c(-c2c([2H])c([2H])c(C(C([2H])([2H])[2H])(C([2H])([2H])[2H])C([2H])([2H])[2H])c([2H])c2[2H])c1[2H]. The van der Waals surface area contributed by atoms with E-state index in [-0.39, 0.29) is 22.4 Å². The second-order valence-electron chi connectivity index (χ2n) is 19.5. The number of aromatic hydroxyl groups is 1. The molecule has 2 aromatic heterocycles. The molecule has 0 unspecified atom stereocenters. The molecule has 0 aliphatic rings. The molecule has 9 aromatic rings. The first-order chi connectivity index (χ1) is 38.4. The number of nitrogens with zero attached hydrogens (tertiary/aromatic N) is 3. The zero-order chi connectivity index (χ0) is 61.2. The monoisotopic (exact) mass is 894 g/mol. The summed E-state index contributed by atoms with van der Waals surface area (Å²) in [6.45, 7) is 6.59. The Labute approximate surface area is 420 Å². The summed E-state index contributed by atoms with van der Waals surface area (Å²) in [5, 5.41) is 12.0. The normalized spacial score (nSPS) is 16.3. The molecule has 7 aromatic carbocycles. The van der Waals surface area contributed by atoms with Gasteiger partial charge in [-0.2, -0.15) is 0 Å². The second kappa shape index (κ2) is 17.0. The molecular formula is C63H63N3O. The van der Waals surface area contributed by atoms with Crippen LogP contribution in [0.15, 0.2) is 158 Å². The average Bonchev–Trinajstić information content (AvgIpc) is 1.31. The molecule has 0 radical (unpaired) electrons. The van der Waals surface area contributed by atoms with Crippen molar-refractivity contribution in [2.45, 2.75) is 99.1 Å². The first-order valence-electron chi connectivity index (χ1n) is 30.3. The van der Waals surface area contributed by atoms with Gasteiger partial charge in [0.15, 0.2) is 0 Å². The smallest absolute Gasteiger partial charge is 0.149 e. The number of rotatable bonds is 7. The number of pyridine rings is 1. The van der Waals surface area contributed by atoms with E-state index in [1.54, 1.807) is 12.1 Å². The average molecular weight is 894 g/mol. The van der Waals surface area contributed by atoms with Crippen LogP contribution < -0.4 is 0 Å². The van der Waals surface area contributed by atoms with Gasteiger partial charge < -0.3 is 5.11 Å². The summed E-state index contributed by atoms with van der Waals surface area (Å²) in [6.07, 6.45) is -0.729. The summed E-state index contributed by atoms with van der Waals surface area (Å²) in [5.74, 6) is 0.503. The lowest BCUT2D eigenvalue weighted by molar-refractivity contribution is 0.472. The molecular weight excluding hydrogens is 815 g/mol. The molecule has 0 bridgehead atoms. The fourth-order valence-electron chi connectivity index (χ4n) is 8.63. The van der Waals surface area contributed by atoms with E-state index in [4.69, 9.17) is 22.8 Å². The van der Waals surface area contributed by atoms with Gasteiger partial charge in [0.2, 0.25) is 0 Å². The largest absolute Gasteiger partial charge is 0.507 e. The molecule has 4 heteroatoms. The van der Waals surface area contributed by atoms with Gasteiger partial charge in [-0.3, -0.25) is 9.55 Å². The number of hydrogen-bond donors (Lipinski definition) is 1. The molecule has 1 N–H and O–H groups in total. The Morgan fingerprint density at radius 2 is 1.21 bits per heavy atom. The summed E-state index contributed by atoms with van der Waals surface area (Å²) in [7, 11) is 0. The van der Waals surface area contributed by atoms with Crippen LogP contribution in [0.3, 0.4) is 0 Å². The van der Waals surface area contributed by atoms with Crippen molar-refractivity contribution in [3.63, 3.8) is 0 Å². The van der Waals surface area contributed by atoms with Crippen molar-refractivity contribution in [2.24, 2.45) is 0 Å². The van der Waals surface area contributed by atoms with Crippen LogP contribution >= 0.6 is 0 Å². The highest BCUT2D eigenvalue weighted by Crippen LogP contribution is 2.44. The minimum atomic E-state index is -3.93. The Morgan fingerprint density at radius 3 is 1.90 bits per heavy atom.